The molecule has 0 bridgehead atoms. The fourth-order valence-electron chi connectivity index (χ4n) is 1.28. The minimum Gasteiger partial charge on any atom is -0.377 e. The zero-order valence-electron chi connectivity index (χ0n) is 7.54. The van der Waals surface area contributed by atoms with Crippen LogP contribution in [0.5, 0.6) is 0 Å². The Morgan fingerprint density at radius 2 is 2.50 bits per heavy atom. The average Bonchev–Trinajstić information content (AvgIpc) is 2.49. The molecular formula is C8H17NO2S. The van der Waals surface area contributed by atoms with Gasteiger partial charge in [0, 0.05) is 42.5 Å². The third-order valence-corrected chi connectivity index (χ3v) is 2.74. The molecule has 4 heteroatoms. The fourth-order valence-corrected chi connectivity index (χ4v) is 1.72. The normalized spacial score (nSPS) is 25.9. The van der Waals surface area contributed by atoms with Gasteiger partial charge in [0.25, 0.3) is 0 Å². The van der Waals surface area contributed by atoms with E-state index < -0.39 is 10.8 Å². The van der Waals surface area contributed by atoms with Gasteiger partial charge in [0.1, 0.15) is 0 Å². The molecule has 1 aliphatic heterocycles. The Kier molecular flexibility index (Phi) is 4.80. The molecule has 1 rings (SSSR count). The molecule has 0 aromatic rings. The topological polar surface area (TPSA) is 38.3 Å². The van der Waals surface area contributed by atoms with Gasteiger partial charge in [0.05, 0.1) is 6.10 Å². The van der Waals surface area contributed by atoms with E-state index in [4.69, 9.17) is 4.74 Å². The summed E-state index contributed by atoms with van der Waals surface area (Å²) in [6.45, 7) is 2.66. The number of hydrogen-bond acceptors (Lipinski definition) is 3. The molecule has 0 aromatic carbocycles. The minimum atomic E-state index is -0.672. The molecule has 1 heterocycles. The summed E-state index contributed by atoms with van der Waals surface area (Å²) >= 11 is 0. The molecule has 1 saturated heterocycles. The number of rotatable bonds is 5. The van der Waals surface area contributed by atoms with Crippen LogP contribution in [0.1, 0.15) is 12.8 Å². The van der Waals surface area contributed by atoms with E-state index in [2.05, 4.69) is 5.32 Å². The Morgan fingerprint density at radius 1 is 1.67 bits per heavy atom. The maximum absolute atomic E-state index is 10.7. The van der Waals surface area contributed by atoms with E-state index in [1.165, 1.54) is 12.8 Å². The summed E-state index contributed by atoms with van der Waals surface area (Å²) in [5, 5.41) is 3.24. The van der Waals surface area contributed by atoms with Crippen LogP contribution >= 0.6 is 0 Å². The van der Waals surface area contributed by atoms with E-state index in [0.717, 1.165) is 25.4 Å². The molecule has 1 fully saturated rings. The van der Waals surface area contributed by atoms with Crippen molar-refractivity contribution in [2.45, 2.75) is 18.9 Å². The van der Waals surface area contributed by atoms with Crippen molar-refractivity contribution in [1.29, 1.82) is 0 Å². The Morgan fingerprint density at radius 3 is 3.08 bits per heavy atom. The molecule has 1 N–H and O–H groups in total. The molecular weight excluding hydrogens is 174 g/mol. The van der Waals surface area contributed by atoms with E-state index in [1.54, 1.807) is 6.26 Å². The average molecular weight is 191 g/mol. The van der Waals surface area contributed by atoms with Crippen molar-refractivity contribution in [3.05, 3.63) is 0 Å². The van der Waals surface area contributed by atoms with Gasteiger partial charge in [-0.2, -0.15) is 0 Å². The molecule has 0 radical (unpaired) electrons. The summed E-state index contributed by atoms with van der Waals surface area (Å²) in [5.41, 5.74) is 0. The van der Waals surface area contributed by atoms with Crippen LogP contribution in [-0.2, 0) is 15.5 Å². The third-order valence-electron chi connectivity index (χ3n) is 1.96. The predicted molar refractivity (Wildman–Crippen MR) is 50.8 cm³/mol. The molecule has 72 valence electrons. The molecule has 0 aliphatic carbocycles. The van der Waals surface area contributed by atoms with Crippen LogP contribution in [0.2, 0.25) is 0 Å². The maximum atomic E-state index is 10.7. The van der Waals surface area contributed by atoms with Crippen LogP contribution in [0.25, 0.3) is 0 Å². The quantitative estimate of drug-likeness (QED) is 0.628. The smallest absolute Gasteiger partial charge is 0.0700 e. The number of nitrogens with one attached hydrogen (secondary N) is 1. The van der Waals surface area contributed by atoms with Crippen LogP contribution in [0, 0.1) is 0 Å². The van der Waals surface area contributed by atoms with Gasteiger partial charge >= 0.3 is 0 Å². The first-order valence-electron chi connectivity index (χ1n) is 4.41. The zero-order valence-corrected chi connectivity index (χ0v) is 8.36. The highest BCUT2D eigenvalue weighted by Gasteiger charge is 2.13. The van der Waals surface area contributed by atoms with E-state index in [1.807, 2.05) is 0 Å². The van der Waals surface area contributed by atoms with Crippen LogP contribution in [0.15, 0.2) is 0 Å². The first-order chi connectivity index (χ1) is 5.79. The molecule has 0 spiro atoms. The van der Waals surface area contributed by atoms with Crippen LogP contribution < -0.4 is 5.32 Å². The summed E-state index contributed by atoms with van der Waals surface area (Å²) in [4.78, 5) is 0. The van der Waals surface area contributed by atoms with Gasteiger partial charge in [-0.15, -0.1) is 0 Å². The minimum absolute atomic E-state index is 0.398. The van der Waals surface area contributed by atoms with Crippen LogP contribution in [-0.4, -0.2) is 42.0 Å². The van der Waals surface area contributed by atoms with Gasteiger partial charge in [0.15, 0.2) is 0 Å². The molecule has 0 amide bonds. The van der Waals surface area contributed by atoms with Crippen molar-refractivity contribution < 1.29 is 8.95 Å². The monoisotopic (exact) mass is 191 g/mol. The van der Waals surface area contributed by atoms with E-state index in [9.17, 15) is 4.21 Å². The molecule has 1 aliphatic rings. The van der Waals surface area contributed by atoms with Crippen molar-refractivity contribution in [2.75, 3.05) is 31.7 Å². The zero-order chi connectivity index (χ0) is 8.81. The molecule has 2 atom stereocenters. The molecule has 2 unspecified atom stereocenters. The Labute approximate surface area is 76.3 Å². The molecule has 0 saturated carbocycles. The second kappa shape index (κ2) is 5.67. The van der Waals surface area contributed by atoms with Gasteiger partial charge in [-0.25, -0.2) is 0 Å². The third kappa shape index (κ3) is 4.18. The Hall–Kier alpha value is 0.0700. The summed E-state index contributed by atoms with van der Waals surface area (Å²) in [6, 6.07) is 0. The summed E-state index contributed by atoms with van der Waals surface area (Å²) < 4.78 is 16.1. The van der Waals surface area contributed by atoms with Crippen LogP contribution in [0.4, 0.5) is 0 Å². The van der Waals surface area contributed by atoms with E-state index in [-0.39, 0.29) is 0 Å². The van der Waals surface area contributed by atoms with Gasteiger partial charge in [-0.3, -0.25) is 4.21 Å². The second-order valence-electron chi connectivity index (χ2n) is 3.12. The summed E-state index contributed by atoms with van der Waals surface area (Å²) in [5.74, 6) is 0.743. The number of hydrogen-bond donors (Lipinski definition) is 1. The molecule has 3 nitrogen and oxygen atoms in total. The van der Waals surface area contributed by atoms with Crippen molar-refractivity contribution in [3.63, 3.8) is 0 Å². The lowest BCUT2D eigenvalue weighted by atomic mass is 10.2. The highest BCUT2D eigenvalue weighted by atomic mass is 32.2. The summed E-state index contributed by atoms with van der Waals surface area (Å²) in [7, 11) is -0.672. The van der Waals surface area contributed by atoms with Gasteiger partial charge in [-0.05, 0) is 12.8 Å². The predicted octanol–water partition coefficient (Wildman–Crippen LogP) is 0.133. The van der Waals surface area contributed by atoms with E-state index in [0.29, 0.717) is 6.10 Å². The lowest BCUT2D eigenvalue weighted by molar-refractivity contribution is 0.110. The lowest BCUT2D eigenvalue weighted by Crippen LogP contribution is -2.29. The molecule has 0 aromatic heterocycles. The van der Waals surface area contributed by atoms with Crippen molar-refractivity contribution >= 4 is 10.8 Å². The van der Waals surface area contributed by atoms with Gasteiger partial charge < -0.3 is 10.1 Å². The van der Waals surface area contributed by atoms with Crippen LogP contribution in [0.3, 0.4) is 0 Å². The maximum Gasteiger partial charge on any atom is 0.0700 e. The summed E-state index contributed by atoms with van der Waals surface area (Å²) in [6.07, 6.45) is 4.48. The fraction of sp³-hybridized carbons (Fsp3) is 1.00. The second-order valence-corrected chi connectivity index (χ2v) is 4.67. The van der Waals surface area contributed by atoms with Gasteiger partial charge in [-0.1, -0.05) is 0 Å². The first kappa shape index (κ1) is 10.2. The largest absolute Gasteiger partial charge is 0.377 e. The molecule has 12 heavy (non-hydrogen) atoms. The highest BCUT2D eigenvalue weighted by molar-refractivity contribution is 7.84. The SMILES string of the molecule is CS(=O)CCNCC1CCCO1. The standard InChI is InChI=1S/C8H17NO2S/c1-12(10)6-4-9-7-8-3-2-5-11-8/h8-9H,2-7H2,1H3. The highest BCUT2D eigenvalue weighted by Crippen LogP contribution is 2.10. The van der Waals surface area contributed by atoms with Crippen molar-refractivity contribution in [1.82, 2.24) is 5.32 Å². The first-order valence-corrected chi connectivity index (χ1v) is 6.14. The number of ether oxygens (including phenoxy) is 1. The van der Waals surface area contributed by atoms with Crippen molar-refractivity contribution in [2.24, 2.45) is 0 Å². The van der Waals surface area contributed by atoms with E-state index >= 15 is 0 Å². The Balaban J connectivity index is 1.91. The lowest BCUT2D eigenvalue weighted by Gasteiger charge is -2.09. The van der Waals surface area contributed by atoms with Gasteiger partial charge in [0.2, 0.25) is 0 Å². The Bertz CT molecular complexity index is 146. The van der Waals surface area contributed by atoms with Crippen molar-refractivity contribution in [3.8, 4) is 0 Å².